The van der Waals surface area contributed by atoms with Crippen LogP contribution in [0, 0.1) is 6.33 Å². The Balaban J connectivity index is 0.907. The van der Waals surface area contributed by atoms with Crippen molar-refractivity contribution in [1.29, 1.82) is 0 Å². The number of rotatable bonds is 12. The lowest BCUT2D eigenvalue weighted by molar-refractivity contribution is -0.571. The smallest absolute Gasteiger partial charge is 0.269 e. The number of fused-ring (bicyclic) bond motifs is 4. The molecule has 0 N–H and O–H groups in total. The molecule has 0 radical (unpaired) electrons. The molecule has 0 aliphatic heterocycles. The Morgan fingerprint density at radius 2 is 0.805 bits per heavy atom. The molecule has 6 heteroatoms. The van der Waals surface area contributed by atoms with Crippen LogP contribution in [-0.4, -0.2) is 18.7 Å². The van der Waals surface area contributed by atoms with Crippen LogP contribution in [0.3, 0.4) is 0 Å². The first kappa shape index (κ1) is 48.1. The average molecular weight is 1050 g/mol. The van der Waals surface area contributed by atoms with Gasteiger partial charge in [-0.15, -0.1) is 0 Å². The largest absolute Gasteiger partial charge is 0.458 e. The third-order valence-electron chi connectivity index (χ3n) is 15.6. The van der Waals surface area contributed by atoms with E-state index >= 15 is 0 Å². The Kier molecular flexibility index (Phi) is 12.1. The lowest BCUT2D eigenvalue weighted by Gasteiger charge is -2.20. The molecule has 0 bridgehead atoms. The van der Waals surface area contributed by atoms with E-state index in [1.54, 1.807) is 0 Å². The molecule has 0 aliphatic carbocycles. The van der Waals surface area contributed by atoms with Crippen LogP contribution >= 0.6 is 0 Å². The number of imidazole rings is 2. The lowest BCUT2D eigenvalue weighted by atomic mass is 9.89. The summed E-state index contributed by atoms with van der Waals surface area (Å²) in [5, 5.41) is 2.26. The van der Waals surface area contributed by atoms with Crippen LogP contribution in [0.1, 0.15) is 0 Å². The Morgan fingerprint density at radius 3 is 1.39 bits per heavy atom. The molecule has 386 valence electrons. The highest BCUT2D eigenvalue weighted by Gasteiger charge is 2.23. The monoisotopic (exact) mass is 1050 g/mol. The number of hydrogen-bond acceptors (Lipinski definition) is 2. The number of nitrogens with zero attached hydrogens (tertiary/aromatic N) is 5. The van der Waals surface area contributed by atoms with Gasteiger partial charge in [0.25, 0.3) is 6.33 Å². The van der Waals surface area contributed by atoms with Crippen LogP contribution in [0.5, 0.6) is 11.5 Å². The molecule has 3 heterocycles. The first-order valence-corrected chi connectivity index (χ1v) is 27.7. The second-order valence-electron chi connectivity index (χ2n) is 20.6. The third-order valence-corrected chi connectivity index (χ3v) is 15.6. The summed E-state index contributed by atoms with van der Waals surface area (Å²) in [5.41, 5.74) is 20.5. The number of ether oxygens (including phenoxy) is 1. The van der Waals surface area contributed by atoms with Crippen molar-refractivity contribution in [2.45, 2.75) is 0 Å². The zero-order chi connectivity index (χ0) is 54.3. The maximum absolute atomic E-state index is 6.91. The van der Waals surface area contributed by atoms with Gasteiger partial charge >= 0.3 is 0 Å². The van der Waals surface area contributed by atoms with Crippen molar-refractivity contribution in [3.05, 3.63) is 316 Å². The van der Waals surface area contributed by atoms with Gasteiger partial charge in [-0.25, -0.2) is 4.98 Å². The Bertz CT molecular complexity index is 4550. The van der Waals surface area contributed by atoms with Crippen LogP contribution in [0.2, 0.25) is 0 Å². The van der Waals surface area contributed by atoms with Crippen molar-refractivity contribution in [2.24, 2.45) is 0 Å². The molecular weight excluding hydrogens is 999 g/mol. The van der Waals surface area contributed by atoms with Gasteiger partial charge in [0.05, 0.1) is 33.4 Å². The van der Waals surface area contributed by atoms with Crippen molar-refractivity contribution in [3.63, 3.8) is 0 Å². The summed E-state index contributed by atoms with van der Waals surface area (Å²) in [6.07, 6.45) is 7.83. The van der Waals surface area contributed by atoms with Gasteiger partial charge in [-0.1, -0.05) is 206 Å². The molecule has 0 unspecified atom stereocenters. The topological polar surface area (TPSA) is 40.8 Å². The zero-order valence-corrected chi connectivity index (χ0v) is 44.6. The molecule has 0 amide bonds. The van der Waals surface area contributed by atoms with E-state index in [4.69, 9.17) is 9.72 Å². The summed E-state index contributed by atoms with van der Waals surface area (Å²) in [7, 11) is 0. The van der Waals surface area contributed by atoms with Gasteiger partial charge in [-0.05, 0) is 152 Å². The molecular formula is C76H51N5O. The molecule has 15 aromatic rings. The predicted octanol–water partition coefficient (Wildman–Crippen LogP) is 18.8. The molecule has 6 nitrogen and oxygen atoms in total. The Morgan fingerprint density at radius 1 is 0.341 bits per heavy atom. The van der Waals surface area contributed by atoms with Crippen LogP contribution in [-0.2, 0) is 0 Å². The Labute approximate surface area is 475 Å². The molecule has 82 heavy (non-hydrogen) atoms. The first-order valence-electron chi connectivity index (χ1n) is 27.7. The number of hydrogen-bond donors (Lipinski definition) is 0. The fraction of sp³-hybridized carbons (Fsp3) is 0. The van der Waals surface area contributed by atoms with Gasteiger partial charge in [0.15, 0.2) is 0 Å². The van der Waals surface area contributed by atoms with Gasteiger partial charge in [0.1, 0.15) is 11.5 Å². The molecule has 0 spiro atoms. The SMILES string of the molecule is [c-]1n(-c2cccc(Oc3ccc4c5ccccc5n(-c5nccn5-c5ccccc5)c4c3)c2)c2ccccc2[n+]1-c1c(-c2cc(-c3ccccc3)cc(-c3ccccc3)c2)cccc1-c1cc(-c2ccccc2)cc(-c2ccccc2)c1. The standard InChI is InChI=1S/C76H51N5O/c1-6-22-53(23-7-1)57-44-58(54-24-8-2-9-25-54)47-61(46-57)67-35-21-36-68(62-48-59(55-26-10-3-11-27-55)45-60(49-62)56-28-12-4-13-29-56)75(67)80-52-79(72-38-18-19-39-73(72)80)64-32-20-33-65(50-64)82-66-40-41-70-69-34-16-17-37-71(69)81(74(70)51-66)76-77-42-43-78(76)63-30-14-5-15-31-63/h1-51H. The highest BCUT2D eigenvalue weighted by molar-refractivity contribution is 6.09. The van der Waals surface area contributed by atoms with Gasteiger partial charge in [-0.3, -0.25) is 18.3 Å². The van der Waals surface area contributed by atoms with Gasteiger partial charge in [0, 0.05) is 34.9 Å². The van der Waals surface area contributed by atoms with E-state index in [9.17, 15) is 0 Å². The minimum atomic E-state index is 0.696. The molecule has 0 saturated carbocycles. The van der Waals surface area contributed by atoms with Crippen molar-refractivity contribution < 1.29 is 9.30 Å². The molecule has 0 atom stereocenters. The van der Waals surface area contributed by atoms with E-state index < -0.39 is 0 Å². The number of para-hydroxylation sites is 5. The first-order chi connectivity index (χ1) is 40.6. The molecule has 3 aromatic heterocycles. The molecule has 0 aliphatic rings. The van der Waals surface area contributed by atoms with E-state index in [0.29, 0.717) is 11.5 Å². The summed E-state index contributed by atoms with van der Waals surface area (Å²) < 4.78 is 15.7. The highest BCUT2D eigenvalue weighted by atomic mass is 16.5. The number of aromatic nitrogens is 5. The lowest BCUT2D eigenvalue weighted by Crippen LogP contribution is -2.31. The molecule has 12 aromatic carbocycles. The molecule has 0 saturated heterocycles. The summed E-state index contributed by atoms with van der Waals surface area (Å²) in [4.78, 5) is 4.93. The maximum atomic E-state index is 6.91. The van der Waals surface area contributed by atoms with Crippen LogP contribution < -0.4 is 9.30 Å². The normalized spacial score (nSPS) is 11.4. The van der Waals surface area contributed by atoms with Gasteiger partial charge in [-0.2, -0.15) is 0 Å². The predicted molar refractivity (Wildman–Crippen MR) is 334 cm³/mol. The summed E-state index contributed by atoms with van der Waals surface area (Å²) in [6.45, 7) is 0. The van der Waals surface area contributed by atoms with Crippen LogP contribution in [0.4, 0.5) is 0 Å². The fourth-order valence-electron chi connectivity index (χ4n) is 11.7. The van der Waals surface area contributed by atoms with Crippen LogP contribution in [0.25, 0.3) is 123 Å². The summed E-state index contributed by atoms with van der Waals surface area (Å²) in [5.74, 6) is 2.20. The quantitative estimate of drug-likeness (QED) is 0.0904. The third kappa shape index (κ3) is 8.81. The van der Waals surface area contributed by atoms with Gasteiger partial charge in [0.2, 0.25) is 5.95 Å². The average Bonchev–Trinajstić information content (AvgIpc) is 4.11. The Hall–Kier alpha value is -11.1. The fourth-order valence-corrected chi connectivity index (χ4v) is 11.7. The minimum absolute atomic E-state index is 0.696. The maximum Gasteiger partial charge on any atom is 0.269 e. The van der Waals surface area contributed by atoms with E-state index in [2.05, 4.69) is 310 Å². The number of benzene rings is 12. The molecule has 0 fully saturated rings. The minimum Gasteiger partial charge on any atom is -0.458 e. The zero-order valence-electron chi connectivity index (χ0n) is 44.6. The van der Waals surface area contributed by atoms with Crippen LogP contribution in [0.15, 0.2) is 310 Å². The summed E-state index contributed by atoms with van der Waals surface area (Å²) in [6, 6.07) is 106. The van der Waals surface area contributed by atoms with Crippen molar-refractivity contribution in [3.8, 4) is 101 Å². The highest BCUT2D eigenvalue weighted by Crippen LogP contribution is 2.42. The van der Waals surface area contributed by atoms with Crippen molar-refractivity contribution >= 4 is 32.8 Å². The second-order valence-corrected chi connectivity index (χ2v) is 20.6. The van der Waals surface area contributed by atoms with E-state index in [1.165, 1.54) is 0 Å². The van der Waals surface area contributed by atoms with E-state index in [1.807, 2.05) is 24.5 Å². The second kappa shape index (κ2) is 20.6. The summed E-state index contributed by atoms with van der Waals surface area (Å²) >= 11 is 0. The van der Waals surface area contributed by atoms with E-state index in [0.717, 1.165) is 123 Å². The van der Waals surface area contributed by atoms with Crippen molar-refractivity contribution in [2.75, 3.05) is 0 Å². The van der Waals surface area contributed by atoms with Gasteiger partial charge < -0.3 is 4.74 Å². The molecule has 15 rings (SSSR count). The van der Waals surface area contributed by atoms with Crippen molar-refractivity contribution in [1.82, 2.24) is 18.7 Å². The van der Waals surface area contributed by atoms with E-state index in [-0.39, 0.29) is 0 Å².